The lowest BCUT2D eigenvalue weighted by atomic mass is 9.98. The maximum atomic E-state index is 12.4. The summed E-state index contributed by atoms with van der Waals surface area (Å²) in [5, 5.41) is 0.519. The zero-order valence-electron chi connectivity index (χ0n) is 11.2. The molecule has 0 aliphatic rings. The Hall–Kier alpha value is -2.62. The van der Waals surface area contributed by atoms with Gasteiger partial charge < -0.3 is 5.73 Å². The molecule has 10 heteroatoms. The van der Waals surface area contributed by atoms with Gasteiger partial charge in [-0.05, 0) is 16.8 Å². The molecular formula is C13H9F3N2O4S. The number of hydrogen-bond acceptors (Lipinski definition) is 4. The van der Waals surface area contributed by atoms with Crippen LogP contribution in [0.4, 0.5) is 13.2 Å². The van der Waals surface area contributed by atoms with Crippen molar-refractivity contribution in [1.29, 1.82) is 0 Å². The van der Waals surface area contributed by atoms with Crippen molar-refractivity contribution in [3.8, 4) is 0 Å². The largest absolute Gasteiger partial charge is 0.516 e. The summed E-state index contributed by atoms with van der Waals surface area (Å²) >= 11 is 0. The lowest BCUT2D eigenvalue weighted by molar-refractivity contribution is -0.0446. The minimum absolute atomic E-state index is 0.0960. The van der Waals surface area contributed by atoms with E-state index in [-0.39, 0.29) is 5.39 Å². The Morgan fingerprint density at radius 2 is 1.65 bits per heavy atom. The van der Waals surface area contributed by atoms with Crippen LogP contribution in [-0.2, 0) is 10.0 Å². The number of primary amides is 1. The highest BCUT2D eigenvalue weighted by Crippen LogP contribution is 2.25. The van der Waals surface area contributed by atoms with Gasteiger partial charge in [0.1, 0.15) is 0 Å². The average Bonchev–Trinajstić information content (AvgIpc) is 2.44. The van der Waals surface area contributed by atoms with Crippen LogP contribution in [0.5, 0.6) is 0 Å². The molecular weight excluding hydrogens is 337 g/mol. The van der Waals surface area contributed by atoms with E-state index in [9.17, 15) is 31.2 Å². The van der Waals surface area contributed by atoms with E-state index in [4.69, 9.17) is 5.73 Å². The molecule has 2 aromatic rings. The van der Waals surface area contributed by atoms with Gasteiger partial charge in [-0.1, -0.05) is 30.3 Å². The third-order valence-electron chi connectivity index (χ3n) is 2.95. The van der Waals surface area contributed by atoms with Crippen LogP contribution >= 0.6 is 0 Å². The van der Waals surface area contributed by atoms with E-state index in [0.717, 1.165) is 10.8 Å². The second-order valence-electron chi connectivity index (χ2n) is 4.45. The van der Waals surface area contributed by atoms with Gasteiger partial charge in [-0.3, -0.25) is 9.59 Å². The SMILES string of the molecule is NC(=O)c1ccc2ccccc2c1C(=O)NS(=O)(=O)C(F)(F)F. The minimum atomic E-state index is -5.91. The number of nitrogens with two attached hydrogens (primary N) is 1. The number of fused-ring (bicyclic) bond motifs is 1. The fourth-order valence-corrected chi connectivity index (χ4v) is 2.41. The van der Waals surface area contributed by atoms with Gasteiger partial charge in [0.05, 0.1) is 11.1 Å². The van der Waals surface area contributed by atoms with E-state index in [0.29, 0.717) is 5.39 Å². The third-order valence-corrected chi connectivity index (χ3v) is 4.02. The number of carbonyl (C=O) groups is 2. The van der Waals surface area contributed by atoms with Crippen LogP contribution in [0.1, 0.15) is 20.7 Å². The lowest BCUT2D eigenvalue weighted by Gasteiger charge is -2.13. The van der Waals surface area contributed by atoms with Gasteiger partial charge >= 0.3 is 15.5 Å². The second kappa shape index (κ2) is 5.54. The Morgan fingerprint density at radius 1 is 1.04 bits per heavy atom. The van der Waals surface area contributed by atoms with Gasteiger partial charge in [-0.25, -0.2) is 4.72 Å². The molecule has 6 nitrogen and oxygen atoms in total. The van der Waals surface area contributed by atoms with Crippen molar-refractivity contribution in [2.75, 3.05) is 0 Å². The van der Waals surface area contributed by atoms with Crippen LogP contribution in [0.15, 0.2) is 36.4 Å². The van der Waals surface area contributed by atoms with E-state index >= 15 is 0 Å². The number of halogens is 3. The molecule has 0 fully saturated rings. The zero-order valence-corrected chi connectivity index (χ0v) is 12.0. The van der Waals surface area contributed by atoms with Crippen molar-refractivity contribution in [2.24, 2.45) is 5.73 Å². The Bertz CT molecular complexity index is 907. The molecule has 0 aliphatic heterocycles. The summed E-state index contributed by atoms with van der Waals surface area (Å²) in [6, 6.07) is 8.54. The van der Waals surface area contributed by atoms with Crippen LogP contribution in [-0.4, -0.2) is 25.7 Å². The van der Waals surface area contributed by atoms with Gasteiger partial charge in [0.15, 0.2) is 0 Å². The predicted molar refractivity (Wildman–Crippen MR) is 74.9 cm³/mol. The number of sulfonamides is 1. The maximum absolute atomic E-state index is 12.4. The van der Waals surface area contributed by atoms with Gasteiger partial charge in [0, 0.05) is 0 Å². The first-order valence-electron chi connectivity index (χ1n) is 5.99. The highest BCUT2D eigenvalue weighted by atomic mass is 32.2. The number of hydrogen-bond donors (Lipinski definition) is 2. The van der Waals surface area contributed by atoms with E-state index in [2.05, 4.69) is 0 Å². The van der Waals surface area contributed by atoms with Crippen LogP contribution in [0.3, 0.4) is 0 Å². The molecule has 0 saturated heterocycles. The fourth-order valence-electron chi connectivity index (χ4n) is 1.95. The maximum Gasteiger partial charge on any atom is 0.516 e. The van der Waals surface area contributed by atoms with Gasteiger partial charge in [0.25, 0.3) is 5.91 Å². The molecule has 3 N–H and O–H groups in total. The Labute approximate surface area is 128 Å². The summed E-state index contributed by atoms with van der Waals surface area (Å²) in [6.07, 6.45) is 0. The smallest absolute Gasteiger partial charge is 0.366 e. The van der Waals surface area contributed by atoms with Crippen molar-refractivity contribution in [3.05, 3.63) is 47.5 Å². The summed E-state index contributed by atoms with van der Waals surface area (Å²) in [5.41, 5.74) is -1.49. The number of amides is 2. The van der Waals surface area contributed by atoms with E-state index in [1.807, 2.05) is 0 Å². The van der Waals surface area contributed by atoms with Gasteiger partial charge in [0.2, 0.25) is 5.91 Å². The van der Waals surface area contributed by atoms with Crippen molar-refractivity contribution >= 4 is 32.6 Å². The zero-order chi connectivity index (χ0) is 17.4. The molecule has 0 aromatic heterocycles. The molecule has 2 amide bonds. The minimum Gasteiger partial charge on any atom is -0.366 e. The highest BCUT2D eigenvalue weighted by Gasteiger charge is 2.47. The molecule has 0 atom stereocenters. The predicted octanol–water partition coefficient (Wildman–Crippen LogP) is 1.52. The van der Waals surface area contributed by atoms with Crippen molar-refractivity contribution < 1.29 is 31.2 Å². The first kappa shape index (κ1) is 16.7. The van der Waals surface area contributed by atoms with E-state index in [1.54, 1.807) is 6.07 Å². The quantitative estimate of drug-likeness (QED) is 0.879. The van der Waals surface area contributed by atoms with E-state index in [1.165, 1.54) is 24.3 Å². The average molecular weight is 346 g/mol. The molecule has 2 aromatic carbocycles. The Kier molecular flexibility index (Phi) is 4.03. The summed E-state index contributed by atoms with van der Waals surface area (Å²) in [4.78, 5) is 23.5. The normalized spacial score (nSPS) is 12.1. The third kappa shape index (κ3) is 3.11. The molecule has 0 bridgehead atoms. The number of alkyl halides is 3. The van der Waals surface area contributed by atoms with Crippen molar-refractivity contribution in [1.82, 2.24) is 4.72 Å². The Morgan fingerprint density at radius 3 is 2.22 bits per heavy atom. The fraction of sp³-hybridized carbons (Fsp3) is 0.0769. The molecule has 0 spiro atoms. The standard InChI is InChI=1S/C13H9F3N2O4S/c14-13(15,16)23(21,22)18-12(20)10-8-4-2-1-3-7(8)5-6-9(10)11(17)19/h1-6H,(H2,17,19)(H,18,20). The van der Waals surface area contributed by atoms with Crippen LogP contribution in [0, 0.1) is 0 Å². The number of carbonyl (C=O) groups excluding carboxylic acids is 2. The summed E-state index contributed by atoms with van der Waals surface area (Å²) in [6.45, 7) is 0. The van der Waals surface area contributed by atoms with Crippen LogP contribution < -0.4 is 10.5 Å². The number of benzene rings is 2. The summed E-state index contributed by atoms with van der Waals surface area (Å²) in [7, 11) is -5.91. The molecule has 0 heterocycles. The van der Waals surface area contributed by atoms with Crippen LogP contribution in [0.2, 0.25) is 0 Å². The molecule has 0 radical (unpaired) electrons. The number of rotatable bonds is 3. The second-order valence-corrected chi connectivity index (χ2v) is 6.13. The molecule has 2 rings (SSSR count). The first-order valence-corrected chi connectivity index (χ1v) is 7.48. The van der Waals surface area contributed by atoms with Crippen molar-refractivity contribution in [2.45, 2.75) is 5.51 Å². The van der Waals surface area contributed by atoms with Crippen molar-refractivity contribution in [3.63, 3.8) is 0 Å². The van der Waals surface area contributed by atoms with Crippen LogP contribution in [0.25, 0.3) is 10.8 Å². The molecule has 0 saturated carbocycles. The lowest BCUT2D eigenvalue weighted by Crippen LogP contribution is -2.40. The summed E-state index contributed by atoms with van der Waals surface area (Å²) in [5.74, 6) is -2.67. The first-order chi connectivity index (χ1) is 10.5. The molecule has 0 unspecified atom stereocenters. The van der Waals surface area contributed by atoms with Gasteiger partial charge in [-0.2, -0.15) is 21.6 Å². The summed E-state index contributed by atoms with van der Waals surface area (Å²) < 4.78 is 60.2. The molecule has 122 valence electrons. The number of nitrogens with one attached hydrogen (secondary N) is 1. The topological polar surface area (TPSA) is 106 Å². The molecule has 23 heavy (non-hydrogen) atoms. The monoisotopic (exact) mass is 346 g/mol. The molecule has 0 aliphatic carbocycles. The Balaban J connectivity index is 2.64. The van der Waals surface area contributed by atoms with Gasteiger partial charge in [-0.15, -0.1) is 0 Å². The highest BCUT2D eigenvalue weighted by molar-refractivity contribution is 7.90. The van der Waals surface area contributed by atoms with E-state index < -0.39 is 38.5 Å².